The van der Waals surface area contributed by atoms with Crippen LogP contribution in [0, 0.1) is 11.3 Å². The second kappa shape index (κ2) is 6.56. The van der Waals surface area contributed by atoms with Crippen molar-refractivity contribution in [2.75, 3.05) is 13.6 Å². The first-order chi connectivity index (χ1) is 10.9. The molecule has 3 rings (SSSR count). The molecule has 1 fully saturated rings. The fourth-order valence-corrected chi connectivity index (χ4v) is 6.04. The highest BCUT2D eigenvalue weighted by atomic mass is 32.1. The Morgan fingerprint density at radius 2 is 2.09 bits per heavy atom. The second-order valence-electron chi connectivity index (χ2n) is 8.10. The van der Waals surface area contributed by atoms with Crippen LogP contribution >= 0.6 is 11.3 Å². The van der Waals surface area contributed by atoms with E-state index in [1.807, 2.05) is 18.4 Å². The quantitative estimate of drug-likeness (QED) is 0.854. The minimum atomic E-state index is -0.705. The SMILES string of the molecule is CNC[C@H]1CCCC[C@H]1c1sc2c(c1C(=O)O)CC(C)(C)CC2. The summed E-state index contributed by atoms with van der Waals surface area (Å²) in [5.74, 6) is 0.310. The van der Waals surface area contributed by atoms with Crippen molar-refractivity contribution in [3.05, 3.63) is 20.9 Å². The molecule has 1 saturated carbocycles. The molecule has 2 atom stereocenters. The Kier molecular flexibility index (Phi) is 4.84. The van der Waals surface area contributed by atoms with Crippen molar-refractivity contribution in [1.29, 1.82) is 0 Å². The summed E-state index contributed by atoms with van der Waals surface area (Å²) in [6.45, 7) is 5.53. The van der Waals surface area contributed by atoms with Gasteiger partial charge in [-0.1, -0.05) is 26.7 Å². The molecular weight excluding hydrogens is 306 g/mol. The minimum Gasteiger partial charge on any atom is -0.478 e. The minimum absolute atomic E-state index is 0.229. The summed E-state index contributed by atoms with van der Waals surface area (Å²) in [7, 11) is 2.01. The molecule has 1 heterocycles. The molecule has 128 valence electrons. The number of thiophene rings is 1. The molecule has 4 heteroatoms. The van der Waals surface area contributed by atoms with Crippen LogP contribution < -0.4 is 5.32 Å². The molecule has 0 amide bonds. The number of nitrogens with one attached hydrogen (secondary N) is 1. The van der Waals surface area contributed by atoms with E-state index in [-0.39, 0.29) is 5.41 Å². The highest BCUT2D eigenvalue weighted by molar-refractivity contribution is 7.12. The van der Waals surface area contributed by atoms with E-state index >= 15 is 0 Å². The number of rotatable bonds is 4. The molecule has 0 aromatic carbocycles. The number of carboxylic acid groups (broad SMARTS) is 1. The largest absolute Gasteiger partial charge is 0.478 e. The molecule has 0 radical (unpaired) electrons. The highest BCUT2D eigenvalue weighted by Gasteiger charge is 2.37. The molecule has 3 nitrogen and oxygen atoms in total. The van der Waals surface area contributed by atoms with Gasteiger partial charge in [0.05, 0.1) is 5.56 Å². The maximum atomic E-state index is 12.1. The summed E-state index contributed by atoms with van der Waals surface area (Å²) >= 11 is 1.82. The van der Waals surface area contributed by atoms with Gasteiger partial charge in [-0.05, 0) is 68.5 Å². The standard InChI is InChI=1S/C19H29NO2S/c1-19(2)9-8-15-14(10-19)16(18(21)22)17(23-15)13-7-5-4-6-12(13)11-20-3/h12-13,20H,4-11H2,1-3H3,(H,21,22)/t12-,13-/m1/s1. The molecule has 2 aliphatic carbocycles. The van der Waals surface area contributed by atoms with Gasteiger partial charge in [0, 0.05) is 9.75 Å². The summed E-state index contributed by atoms with van der Waals surface area (Å²) in [6.07, 6.45) is 8.03. The van der Waals surface area contributed by atoms with Crippen LogP contribution in [-0.2, 0) is 12.8 Å². The summed E-state index contributed by atoms with van der Waals surface area (Å²) in [5.41, 5.74) is 2.06. The van der Waals surface area contributed by atoms with Crippen LogP contribution in [-0.4, -0.2) is 24.7 Å². The first kappa shape index (κ1) is 17.0. The second-order valence-corrected chi connectivity index (χ2v) is 9.23. The Morgan fingerprint density at radius 1 is 1.35 bits per heavy atom. The van der Waals surface area contributed by atoms with Crippen molar-refractivity contribution in [3.8, 4) is 0 Å². The van der Waals surface area contributed by atoms with Crippen LogP contribution in [0.2, 0.25) is 0 Å². The smallest absolute Gasteiger partial charge is 0.337 e. The van der Waals surface area contributed by atoms with Gasteiger partial charge in [-0.3, -0.25) is 0 Å². The molecular formula is C19H29NO2S. The van der Waals surface area contributed by atoms with Crippen molar-refractivity contribution in [1.82, 2.24) is 5.32 Å². The van der Waals surface area contributed by atoms with E-state index in [4.69, 9.17) is 0 Å². The number of aromatic carboxylic acids is 1. The molecule has 1 aromatic rings. The molecule has 0 bridgehead atoms. The third-order valence-electron chi connectivity index (χ3n) is 5.73. The summed E-state index contributed by atoms with van der Waals surface area (Å²) in [6, 6.07) is 0. The van der Waals surface area contributed by atoms with E-state index in [1.54, 1.807) is 0 Å². The van der Waals surface area contributed by atoms with E-state index in [1.165, 1.54) is 35.4 Å². The van der Waals surface area contributed by atoms with Crippen molar-refractivity contribution >= 4 is 17.3 Å². The van der Waals surface area contributed by atoms with Crippen molar-refractivity contribution < 1.29 is 9.90 Å². The predicted octanol–water partition coefficient (Wildman–Crippen LogP) is 4.45. The Labute approximate surface area is 143 Å². The van der Waals surface area contributed by atoms with E-state index in [0.717, 1.165) is 31.4 Å². The van der Waals surface area contributed by atoms with Crippen LogP contribution in [0.5, 0.6) is 0 Å². The van der Waals surface area contributed by atoms with E-state index in [0.29, 0.717) is 17.4 Å². The van der Waals surface area contributed by atoms with Gasteiger partial charge in [0.2, 0.25) is 0 Å². The van der Waals surface area contributed by atoms with Crippen LogP contribution in [0.1, 0.15) is 77.5 Å². The predicted molar refractivity (Wildman–Crippen MR) is 95.7 cm³/mol. The lowest BCUT2D eigenvalue weighted by molar-refractivity contribution is 0.0692. The zero-order valence-corrected chi connectivity index (χ0v) is 15.4. The van der Waals surface area contributed by atoms with Gasteiger partial charge in [0.25, 0.3) is 0 Å². The monoisotopic (exact) mass is 335 g/mol. The number of fused-ring (bicyclic) bond motifs is 1. The lowest BCUT2D eigenvalue weighted by Gasteiger charge is -2.31. The zero-order valence-electron chi connectivity index (χ0n) is 14.6. The fraction of sp³-hybridized carbons (Fsp3) is 0.737. The lowest BCUT2D eigenvalue weighted by Crippen LogP contribution is -2.28. The Morgan fingerprint density at radius 3 is 2.78 bits per heavy atom. The van der Waals surface area contributed by atoms with E-state index < -0.39 is 5.97 Å². The molecule has 0 saturated heterocycles. The topological polar surface area (TPSA) is 49.3 Å². The van der Waals surface area contributed by atoms with Crippen molar-refractivity contribution in [2.24, 2.45) is 11.3 Å². The maximum absolute atomic E-state index is 12.1. The average molecular weight is 336 g/mol. The van der Waals surface area contributed by atoms with Crippen molar-refractivity contribution in [3.63, 3.8) is 0 Å². The van der Waals surface area contributed by atoms with Gasteiger partial charge < -0.3 is 10.4 Å². The lowest BCUT2D eigenvalue weighted by atomic mass is 9.74. The third kappa shape index (κ3) is 3.34. The van der Waals surface area contributed by atoms with E-state index in [2.05, 4.69) is 19.2 Å². The number of carbonyl (C=O) groups is 1. The summed E-state index contributed by atoms with van der Waals surface area (Å²) in [5, 5.41) is 13.2. The molecule has 1 aromatic heterocycles. The highest BCUT2D eigenvalue weighted by Crippen LogP contribution is 2.48. The number of hydrogen-bond donors (Lipinski definition) is 2. The van der Waals surface area contributed by atoms with Gasteiger partial charge in [0.1, 0.15) is 0 Å². The first-order valence-corrected chi connectivity index (χ1v) is 9.77. The van der Waals surface area contributed by atoms with Crippen molar-refractivity contribution in [2.45, 2.75) is 64.7 Å². The van der Waals surface area contributed by atoms with Gasteiger partial charge >= 0.3 is 5.97 Å². The molecule has 0 unspecified atom stereocenters. The van der Waals surface area contributed by atoms with Crippen LogP contribution in [0.15, 0.2) is 0 Å². The Bertz CT molecular complexity index is 588. The molecule has 0 aliphatic heterocycles. The zero-order chi connectivity index (χ0) is 16.6. The van der Waals surface area contributed by atoms with Gasteiger partial charge in [0.15, 0.2) is 0 Å². The van der Waals surface area contributed by atoms with Gasteiger partial charge in [-0.25, -0.2) is 4.79 Å². The molecule has 2 N–H and O–H groups in total. The summed E-state index contributed by atoms with van der Waals surface area (Å²) < 4.78 is 0. The summed E-state index contributed by atoms with van der Waals surface area (Å²) in [4.78, 5) is 14.6. The normalized spacial score (nSPS) is 26.7. The van der Waals surface area contributed by atoms with E-state index in [9.17, 15) is 9.90 Å². The number of aryl methyl sites for hydroxylation is 1. The van der Waals surface area contributed by atoms with Crippen LogP contribution in [0.3, 0.4) is 0 Å². The van der Waals surface area contributed by atoms with Crippen LogP contribution in [0.4, 0.5) is 0 Å². The number of carboxylic acids is 1. The van der Waals surface area contributed by atoms with Gasteiger partial charge in [-0.2, -0.15) is 0 Å². The fourth-order valence-electron chi connectivity index (χ4n) is 4.50. The Hall–Kier alpha value is -0.870. The van der Waals surface area contributed by atoms with Gasteiger partial charge in [-0.15, -0.1) is 11.3 Å². The number of hydrogen-bond acceptors (Lipinski definition) is 3. The Balaban J connectivity index is 2.02. The molecule has 0 spiro atoms. The molecule has 2 aliphatic rings. The first-order valence-electron chi connectivity index (χ1n) is 8.95. The maximum Gasteiger partial charge on any atom is 0.337 e. The van der Waals surface area contributed by atoms with Crippen LogP contribution in [0.25, 0.3) is 0 Å². The third-order valence-corrected chi connectivity index (χ3v) is 7.15. The average Bonchev–Trinajstić information content (AvgIpc) is 2.85. The molecule has 23 heavy (non-hydrogen) atoms.